The zero-order valence-electron chi connectivity index (χ0n) is 15.0. The average molecular weight is 413 g/mol. The maximum absolute atomic E-state index is 13.3. The molecular weight excluding hydrogens is 388 g/mol. The van der Waals surface area contributed by atoms with E-state index in [1.54, 1.807) is 0 Å². The molecule has 1 fully saturated rings. The van der Waals surface area contributed by atoms with E-state index in [1.165, 1.54) is 11.1 Å². The molecule has 3 nitrogen and oxygen atoms in total. The van der Waals surface area contributed by atoms with Gasteiger partial charge in [-0.05, 0) is 61.6 Å². The van der Waals surface area contributed by atoms with Crippen LogP contribution in [0.1, 0.15) is 30.4 Å². The summed E-state index contributed by atoms with van der Waals surface area (Å²) in [6.45, 7) is 3.73. The van der Waals surface area contributed by atoms with Crippen molar-refractivity contribution in [2.45, 2.75) is 32.2 Å². The number of aryl methyl sites for hydroxylation is 1. The minimum Gasteiger partial charge on any atom is -0.312 e. The van der Waals surface area contributed by atoms with Gasteiger partial charge in [0, 0.05) is 29.8 Å². The molecule has 0 N–H and O–H groups in total. The molecule has 0 saturated carbocycles. The summed E-state index contributed by atoms with van der Waals surface area (Å²) in [5.41, 5.74) is 3.76. The average Bonchev–Trinajstić information content (AvgIpc) is 2.69. The Morgan fingerprint density at radius 1 is 1.04 bits per heavy atom. The van der Waals surface area contributed by atoms with Gasteiger partial charge < -0.3 is 4.90 Å². The molecule has 4 rings (SSSR count). The Morgan fingerprint density at radius 2 is 1.85 bits per heavy atom. The largest absolute Gasteiger partial charge is 0.312 e. The fourth-order valence-electron chi connectivity index (χ4n) is 4.23. The first-order chi connectivity index (χ1) is 12.7. The van der Waals surface area contributed by atoms with Crippen molar-refractivity contribution < 1.29 is 4.79 Å². The van der Waals surface area contributed by atoms with Gasteiger partial charge in [-0.15, -0.1) is 0 Å². The van der Waals surface area contributed by atoms with Crippen molar-refractivity contribution in [3.8, 4) is 0 Å². The second-order valence-electron chi connectivity index (χ2n) is 7.42. The predicted molar refractivity (Wildman–Crippen MR) is 109 cm³/mol. The molecule has 0 radical (unpaired) electrons. The number of likely N-dealkylation sites (tertiary alicyclic amines) is 1. The molecule has 1 saturated heterocycles. The number of benzene rings is 2. The number of hydrogen-bond donors (Lipinski definition) is 0. The van der Waals surface area contributed by atoms with Crippen LogP contribution in [-0.4, -0.2) is 30.4 Å². The number of rotatable bonds is 3. The number of para-hydroxylation sites is 1. The molecule has 2 aromatic rings. The van der Waals surface area contributed by atoms with E-state index in [-0.39, 0.29) is 5.92 Å². The molecule has 0 spiro atoms. The molecular formula is C22H25BrN2O. The van der Waals surface area contributed by atoms with Gasteiger partial charge >= 0.3 is 0 Å². The van der Waals surface area contributed by atoms with Gasteiger partial charge in [0.05, 0.1) is 5.92 Å². The van der Waals surface area contributed by atoms with Crippen molar-refractivity contribution in [1.29, 1.82) is 0 Å². The summed E-state index contributed by atoms with van der Waals surface area (Å²) in [6.07, 6.45) is 4.26. The highest BCUT2D eigenvalue weighted by atomic mass is 79.9. The zero-order chi connectivity index (χ0) is 17.9. The molecule has 1 unspecified atom stereocenters. The van der Waals surface area contributed by atoms with Crippen molar-refractivity contribution >= 4 is 27.5 Å². The Hall–Kier alpha value is -1.65. The van der Waals surface area contributed by atoms with Crippen molar-refractivity contribution in [2.75, 3.05) is 24.5 Å². The number of anilines is 1. The van der Waals surface area contributed by atoms with E-state index in [1.807, 2.05) is 11.0 Å². The normalized spacial score (nSPS) is 20.7. The Balaban J connectivity index is 1.44. The van der Waals surface area contributed by atoms with Gasteiger partial charge in [-0.2, -0.15) is 0 Å². The minimum atomic E-state index is 0.116. The van der Waals surface area contributed by atoms with Crippen molar-refractivity contribution in [1.82, 2.24) is 4.90 Å². The van der Waals surface area contributed by atoms with Crippen LogP contribution in [0.15, 0.2) is 53.0 Å². The molecule has 4 heteroatoms. The third-order valence-corrected chi connectivity index (χ3v) is 6.08. The van der Waals surface area contributed by atoms with Crippen LogP contribution in [0, 0.1) is 5.92 Å². The minimum absolute atomic E-state index is 0.116. The first-order valence-corrected chi connectivity index (χ1v) is 10.4. The number of fused-ring (bicyclic) bond motifs is 1. The summed E-state index contributed by atoms with van der Waals surface area (Å²) < 4.78 is 1.11. The fourth-order valence-corrected chi connectivity index (χ4v) is 4.50. The number of carbonyl (C=O) groups excluding carboxylic acids is 1. The van der Waals surface area contributed by atoms with Crippen LogP contribution in [-0.2, 0) is 17.8 Å². The first kappa shape index (κ1) is 17.7. The number of halogens is 1. The van der Waals surface area contributed by atoms with Crippen LogP contribution < -0.4 is 4.90 Å². The van der Waals surface area contributed by atoms with E-state index in [0.29, 0.717) is 5.91 Å². The van der Waals surface area contributed by atoms with Crippen molar-refractivity contribution in [3.05, 3.63) is 64.1 Å². The van der Waals surface area contributed by atoms with Crippen LogP contribution >= 0.6 is 15.9 Å². The SMILES string of the molecule is O=C(C1CCCN(Cc2ccc(Br)cc2)C1)N1CCCc2ccccc21. The molecule has 1 amide bonds. The number of hydrogen-bond acceptors (Lipinski definition) is 2. The second kappa shape index (κ2) is 7.93. The molecule has 2 aliphatic heterocycles. The van der Waals surface area contributed by atoms with Gasteiger partial charge in [0.15, 0.2) is 0 Å². The Morgan fingerprint density at radius 3 is 2.69 bits per heavy atom. The summed E-state index contributed by atoms with van der Waals surface area (Å²) in [4.78, 5) is 17.7. The molecule has 0 bridgehead atoms. The fraction of sp³-hybridized carbons (Fsp3) is 0.409. The van der Waals surface area contributed by atoms with Crippen LogP contribution in [0.3, 0.4) is 0 Å². The van der Waals surface area contributed by atoms with Crippen LogP contribution in [0.4, 0.5) is 5.69 Å². The summed E-state index contributed by atoms with van der Waals surface area (Å²) in [6, 6.07) is 16.9. The topological polar surface area (TPSA) is 23.6 Å². The van der Waals surface area contributed by atoms with E-state index in [9.17, 15) is 4.79 Å². The monoisotopic (exact) mass is 412 g/mol. The number of amides is 1. The third kappa shape index (κ3) is 3.86. The number of carbonyl (C=O) groups is 1. The van der Waals surface area contributed by atoms with Gasteiger partial charge in [0.2, 0.25) is 5.91 Å². The highest BCUT2D eigenvalue weighted by Crippen LogP contribution is 2.30. The lowest BCUT2D eigenvalue weighted by Crippen LogP contribution is -2.46. The molecule has 0 aromatic heterocycles. The van der Waals surface area contributed by atoms with Gasteiger partial charge in [-0.1, -0.05) is 46.3 Å². The Bertz CT molecular complexity index is 774. The molecule has 2 heterocycles. The first-order valence-electron chi connectivity index (χ1n) is 9.57. The lowest BCUT2D eigenvalue weighted by Gasteiger charge is -2.37. The van der Waals surface area contributed by atoms with E-state index in [0.717, 1.165) is 62.0 Å². The highest BCUT2D eigenvalue weighted by molar-refractivity contribution is 9.10. The van der Waals surface area contributed by atoms with Gasteiger partial charge in [-0.3, -0.25) is 9.69 Å². The highest BCUT2D eigenvalue weighted by Gasteiger charge is 2.31. The number of nitrogens with zero attached hydrogens (tertiary/aromatic N) is 2. The molecule has 2 aliphatic rings. The molecule has 26 heavy (non-hydrogen) atoms. The van der Waals surface area contributed by atoms with Crippen molar-refractivity contribution in [3.63, 3.8) is 0 Å². The van der Waals surface area contributed by atoms with E-state index >= 15 is 0 Å². The van der Waals surface area contributed by atoms with Crippen LogP contribution in [0.25, 0.3) is 0 Å². The molecule has 136 valence electrons. The summed E-state index contributed by atoms with van der Waals surface area (Å²) in [5.74, 6) is 0.433. The van der Waals surface area contributed by atoms with Gasteiger partial charge in [-0.25, -0.2) is 0 Å². The molecule has 0 aliphatic carbocycles. The second-order valence-corrected chi connectivity index (χ2v) is 8.34. The lowest BCUT2D eigenvalue weighted by molar-refractivity contribution is -0.124. The maximum Gasteiger partial charge on any atom is 0.231 e. The quantitative estimate of drug-likeness (QED) is 0.732. The summed E-state index contributed by atoms with van der Waals surface area (Å²) in [7, 11) is 0. The standard InChI is InChI=1S/C22H25BrN2O/c23-20-11-9-17(10-12-20)15-24-13-3-7-19(16-24)22(26)25-14-4-6-18-5-1-2-8-21(18)25/h1-2,5,8-12,19H,3-4,6-7,13-16H2. The van der Waals surface area contributed by atoms with Gasteiger partial charge in [0.1, 0.15) is 0 Å². The van der Waals surface area contributed by atoms with E-state index < -0.39 is 0 Å². The summed E-state index contributed by atoms with van der Waals surface area (Å²) >= 11 is 3.49. The molecule has 1 atom stereocenters. The Kier molecular flexibility index (Phi) is 5.41. The van der Waals surface area contributed by atoms with Crippen LogP contribution in [0.5, 0.6) is 0 Å². The van der Waals surface area contributed by atoms with Crippen LogP contribution in [0.2, 0.25) is 0 Å². The van der Waals surface area contributed by atoms with E-state index in [4.69, 9.17) is 0 Å². The van der Waals surface area contributed by atoms with Crippen molar-refractivity contribution in [2.24, 2.45) is 5.92 Å². The molecule has 2 aromatic carbocycles. The summed E-state index contributed by atoms with van der Waals surface area (Å²) in [5, 5.41) is 0. The van der Waals surface area contributed by atoms with Gasteiger partial charge in [0.25, 0.3) is 0 Å². The Labute approximate surface area is 164 Å². The zero-order valence-corrected chi connectivity index (χ0v) is 16.6. The smallest absolute Gasteiger partial charge is 0.231 e. The number of piperidine rings is 1. The predicted octanol–water partition coefficient (Wildman–Crippen LogP) is 4.64. The third-order valence-electron chi connectivity index (χ3n) is 5.55. The van der Waals surface area contributed by atoms with E-state index in [2.05, 4.69) is 63.3 Å². The maximum atomic E-state index is 13.3. The lowest BCUT2D eigenvalue weighted by atomic mass is 9.93.